The highest BCUT2D eigenvalue weighted by molar-refractivity contribution is 7.99. The number of hydrogen-bond donors (Lipinski definition) is 1. The van der Waals surface area contributed by atoms with Crippen LogP contribution in [0.1, 0.15) is 11.3 Å². The van der Waals surface area contributed by atoms with Gasteiger partial charge in [0.25, 0.3) is 0 Å². The Morgan fingerprint density at radius 2 is 1.92 bits per heavy atom. The Morgan fingerprint density at radius 1 is 1.12 bits per heavy atom. The van der Waals surface area contributed by atoms with Crippen LogP contribution in [0.25, 0.3) is 11.5 Å². The van der Waals surface area contributed by atoms with Gasteiger partial charge in [0.2, 0.25) is 11.8 Å². The first-order valence-corrected chi connectivity index (χ1v) is 8.70. The molecule has 122 valence electrons. The maximum atomic E-state index is 11.8. The first kappa shape index (κ1) is 16.3. The van der Waals surface area contributed by atoms with Crippen molar-refractivity contribution >= 4 is 17.7 Å². The number of benzene rings is 1. The number of carbonyl (C=O) groups excluding carboxylic acids is 1. The zero-order valence-corrected chi connectivity index (χ0v) is 13.8. The molecular formula is C18H17N3O2S. The number of thioether (sulfide) groups is 1. The predicted molar refractivity (Wildman–Crippen MR) is 94.2 cm³/mol. The number of oxazole rings is 1. The molecule has 0 aliphatic heterocycles. The van der Waals surface area contributed by atoms with E-state index in [4.69, 9.17) is 4.42 Å². The highest BCUT2D eigenvalue weighted by Gasteiger charge is 2.07. The topological polar surface area (TPSA) is 68.0 Å². The summed E-state index contributed by atoms with van der Waals surface area (Å²) in [6.07, 6.45) is 5.07. The molecule has 0 saturated heterocycles. The summed E-state index contributed by atoms with van der Waals surface area (Å²) in [5.41, 5.74) is 2.82. The van der Waals surface area contributed by atoms with Crippen LogP contribution in [0.5, 0.6) is 0 Å². The van der Waals surface area contributed by atoms with E-state index in [1.54, 1.807) is 18.7 Å². The Labute approximate surface area is 144 Å². The maximum Gasteiger partial charge on any atom is 0.230 e. The number of hydrogen-bond acceptors (Lipinski definition) is 5. The van der Waals surface area contributed by atoms with E-state index in [1.165, 1.54) is 11.8 Å². The van der Waals surface area contributed by atoms with Gasteiger partial charge in [-0.15, -0.1) is 11.8 Å². The van der Waals surface area contributed by atoms with Crippen molar-refractivity contribution in [3.8, 4) is 11.5 Å². The molecule has 0 atom stereocenters. The highest BCUT2D eigenvalue weighted by Crippen LogP contribution is 2.20. The van der Waals surface area contributed by atoms with Crippen LogP contribution in [0.3, 0.4) is 0 Å². The van der Waals surface area contributed by atoms with Crippen molar-refractivity contribution in [1.82, 2.24) is 15.3 Å². The molecule has 3 aromatic rings. The second-order valence-corrected chi connectivity index (χ2v) is 6.12. The van der Waals surface area contributed by atoms with E-state index >= 15 is 0 Å². The summed E-state index contributed by atoms with van der Waals surface area (Å²) in [7, 11) is 0. The Morgan fingerprint density at radius 3 is 2.71 bits per heavy atom. The molecule has 0 radical (unpaired) electrons. The fourth-order valence-corrected chi connectivity index (χ4v) is 2.82. The van der Waals surface area contributed by atoms with Gasteiger partial charge in [-0.1, -0.05) is 18.2 Å². The molecule has 0 aliphatic rings. The van der Waals surface area contributed by atoms with Crippen molar-refractivity contribution in [1.29, 1.82) is 0 Å². The van der Waals surface area contributed by atoms with Gasteiger partial charge in [0.05, 0.1) is 11.4 Å². The van der Waals surface area contributed by atoms with E-state index in [9.17, 15) is 4.79 Å². The molecule has 24 heavy (non-hydrogen) atoms. The number of aromatic nitrogens is 2. The summed E-state index contributed by atoms with van der Waals surface area (Å²) in [6, 6.07) is 13.5. The molecule has 6 heteroatoms. The van der Waals surface area contributed by atoms with Crippen LogP contribution in [-0.4, -0.2) is 21.6 Å². The van der Waals surface area contributed by atoms with Crippen LogP contribution >= 0.6 is 11.8 Å². The van der Waals surface area contributed by atoms with Gasteiger partial charge in [-0.3, -0.25) is 9.78 Å². The van der Waals surface area contributed by atoms with Crippen molar-refractivity contribution in [3.63, 3.8) is 0 Å². The van der Waals surface area contributed by atoms with E-state index in [0.29, 0.717) is 23.9 Å². The molecule has 0 fully saturated rings. The number of carbonyl (C=O) groups is 1. The molecule has 0 bridgehead atoms. The number of amides is 1. The van der Waals surface area contributed by atoms with Gasteiger partial charge in [-0.05, 0) is 29.8 Å². The molecule has 1 amide bonds. The minimum Gasteiger partial charge on any atom is -0.444 e. The average Bonchev–Trinajstić information content (AvgIpc) is 3.11. The van der Waals surface area contributed by atoms with Crippen LogP contribution in [0.4, 0.5) is 0 Å². The summed E-state index contributed by atoms with van der Waals surface area (Å²) >= 11 is 1.51. The SMILES string of the molecule is O=C(CSCc1coc(-c2ccccc2)n1)NCc1ccncc1. The molecule has 3 rings (SSSR count). The summed E-state index contributed by atoms with van der Waals surface area (Å²) in [4.78, 5) is 20.2. The highest BCUT2D eigenvalue weighted by atomic mass is 32.2. The van der Waals surface area contributed by atoms with Crippen molar-refractivity contribution in [3.05, 3.63) is 72.4 Å². The third-order valence-corrected chi connectivity index (χ3v) is 4.26. The molecule has 1 N–H and O–H groups in total. The smallest absolute Gasteiger partial charge is 0.230 e. The molecule has 0 unspecified atom stereocenters. The number of nitrogens with zero attached hydrogens (tertiary/aromatic N) is 2. The standard InChI is InChI=1S/C18H17N3O2S/c22-17(20-10-14-6-8-19-9-7-14)13-24-12-16-11-23-18(21-16)15-4-2-1-3-5-15/h1-9,11H,10,12-13H2,(H,20,22). The van der Waals surface area contributed by atoms with Gasteiger partial charge in [-0.25, -0.2) is 4.98 Å². The van der Waals surface area contributed by atoms with Gasteiger partial charge in [0, 0.05) is 30.3 Å². The van der Waals surface area contributed by atoms with Crippen LogP contribution in [0.15, 0.2) is 65.5 Å². The number of nitrogens with one attached hydrogen (secondary N) is 1. The summed E-state index contributed by atoms with van der Waals surface area (Å²) in [6.45, 7) is 0.518. The zero-order chi connectivity index (χ0) is 16.6. The normalized spacial score (nSPS) is 10.5. The lowest BCUT2D eigenvalue weighted by molar-refractivity contribution is -0.118. The molecule has 0 spiro atoms. The molecule has 1 aromatic carbocycles. The Hall–Kier alpha value is -2.60. The molecule has 0 aliphatic carbocycles. The summed E-state index contributed by atoms with van der Waals surface area (Å²) < 4.78 is 5.48. The van der Waals surface area contributed by atoms with Crippen molar-refractivity contribution < 1.29 is 9.21 Å². The van der Waals surface area contributed by atoms with Crippen LogP contribution < -0.4 is 5.32 Å². The van der Waals surface area contributed by atoms with Gasteiger partial charge in [0.15, 0.2) is 0 Å². The van der Waals surface area contributed by atoms with Crippen LogP contribution in [-0.2, 0) is 17.1 Å². The third kappa shape index (κ3) is 4.70. The minimum atomic E-state index is 0.00332. The van der Waals surface area contributed by atoms with Crippen molar-refractivity contribution in [2.45, 2.75) is 12.3 Å². The van der Waals surface area contributed by atoms with E-state index in [-0.39, 0.29) is 5.91 Å². The van der Waals surface area contributed by atoms with E-state index in [0.717, 1.165) is 16.8 Å². The quantitative estimate of drug-likeness (QED) is 0.715. The van der Waals surface area contributed by atoms with Crippen LogP contribution in [0.2, 0.25) is 0 Å². The second kappa shape index (κ2) is 8.31. The molecular weight excluding hydrogens is 322 g/mol. The fraction of sp³-hybridized carbons (Fsp3) is 0.167. The van der Waals surface area contributed by atoms with E-state index in [2.05, 4.69) is 15.3 Å². The fourth-order valence-electron chi connectivity index (χ4n) is 2.09. The maximum absolute atomic E-state index is 11.8. The Kier molecular flexibility index (Phi) is 5.63. The van der Waals surface area contributed by atoms with Gasteiger partial charge in [-0.2, -0.15) is 0 Å². The Bertz CT molecular complexity index is 775. The molecule has 5 nitrogen and oxygen atoms in total. The largest absolute Gasteiger partial charge is 0.444 e. The lowest BCUT2D eigenvalue weighted by Crippen LogP contribution is -2.24. The first-order valence-electron chi connectivity index (χ1n) is 7.54. The minimum absolute atomic E-state index is 0.00332. The van der Waals surface area contributed by atoms with E-state index in [1.807, 2.05) is 42.5 Å². The van der Waals surface area contributed by atoms with Gasteiger partial charge in [0.1, 0.15) is 6.26 Å². The molecule has 2 aromatic heterocycles. The molecule has 0 saturated carbocycles. The van der Waals surface area contributed by atoms with Crippen molar-refractivity contribution in [2.75, 3.05) is 5.75 Å². The summed E-state index contributed by atoms with van der Waals surface area (Å²) in [5.74, 6) is 1.63. The zero-order valence-electron chi connectivity index (χ0n) is 13.0. The van der Waals surface area contributed by atoms with Gasteiger partial charge < -0.3 is 9.73 Å². The lowest BCUT2D eigenvalue weighted by atomic mass is 10.2. The third-order valence-electron chi connectivity index (χ3n) is 3.29. The monoisotopic (exact) mass is 339 g/mol. The lowest BCUT2D eigenvalue weighted by Gasteiger charge is -2.04. The van der Waals surface area contributed by atoms with Crippen molar-refractivity contribution in [2.24, 2.45) is 0 Å². The van der Waals surface area contributed by atoms with Crippen LogP contribution in [0, 0.1) is 0 Å². The number of pyridine rings is 1. The average molecular weight is 339 g/mol. The first-order chi connectivity index (χ1) is 11.8. The Balaban J connectivity index is 1.42. The summed E-state index contributed by atoms with van der Waals surface area (Å²) in [5, 5.41) is 2.88. The predicted octanol–water partition coefficient (Wildman–Crippen LogP) is 3.29. The van der Waals surface area contributed by atoms with E-state index < -0.39 is 0 Å². The molecule has 2 heterocycles. The second-order valence-electron chi connectivity index (χ2n) is 5.14. The van der Waals surface area contributed by atoms with Gasteiger partial charge >= 0.3 is 0 Å². The number of rotatable bonds is 7.